The van der Waals surface area contributed by atoms with Crippen molar-refractivity contribution in [2.75, 3.05) is 18.4 Å². The Hall–Kier alpha value is -2.23. The predicted molar refractivity (Wildman–Crippen MR) is 119 cm³/mol. The van der Waals surface area contributed by atoms with Gasteiger partial charge in [0.1, 0.15) is 5.75 Å². The molecule has 6 nitrogen and oxygen atoms in total. The quantitative estimate of drug-likeness (QED) is 0.590. The van der Waals surface area contributed by atoms with Gasteiger partial charge in [0, 0.05) is 24.7 Å². The molecule has 1 aliphatic heterocycles. The average molecular weight is 487 g/mol. The van der Waals surface area contributed by atoms with E-state index in [1.54, 1.807) is 12.1 Å². The fraction of sp³-hybridized carbons (Fsp3) is 0.409. The Morgan fingerprint density at radius 2 is 1.75 bits per heavy atom. The van der Waals surface area contributed by atoms with Crippen molar-refractivity contribution in [1.29, 1.82) is 0 Å². The van der Waals surface area contributed by atoms with E-state index in [0.717, 1.165) is 5.56 Å². The van der Waals surface area contributed by atoms with Crippen molar-refractivity contribution in [3.63, 3.8) is 0 Å². The highest BCUT2D eigenvalue weighted by molar-refractivity contribution is 7.89. The highest BCUT2D eigenvalue weighted by Gasteiger charge is 2.32. The smallest absolute Gasteiger partial charge is 0.387 e. The Balaban J connectivity index is 1.59. The van der Waals surface area contributed by atoms with E-state index in [0.29, 0.717) is 24.4 Å². The number of nitrogens with zero attached hydrogens (tertiary/aromatic N) is 1. The number of halogens is 3. The van der Waals surface area contributed by atoms with Crippen LogP contribution in [0, 0.1) is 5.92 Å². The Morgan fingerprint density at radius 3 is 2.28 bits per heavy atom. The number of anilines is 1. The molecule has 1 amide bonds. The van der Waals surface area contributed by atoms with Gasteiger partial charge in [-0.1, -0.05) is 37.6 Å². The molecule has 1 N–H and O–H groups in total. The van der Waals surface area contributed by atoms with Crippen LogP contribution in [-0.2, 0) is 14.8 Å². The van der Waals surface area contributed by atoms with Gasteiger partial charge in [0.25, 0.3) is 0 Å². The molecule has 0 spiro atoms. The number of amides is 1. The van der Waals surface area contributed by atoms with Crippen molar-refractivity contribution >= 4 is 33.2 Å². The molecule has 0 aromatic heterocycles. The van der Waals surface area contributed by atoms with Crippen molar-refractivity contribution in [3.8, 4) is 5.75 Å². The average Bonchev–Trinajstić information content (AvgIpc) is 2.75. The van der Waals surface area contributed by atoms with E-state index in [-0.39, 0.29) is 40.6 Å². The maximum Gasteiger partial charge on any atom is 0.387 e. The molecule has 0 bridgehead atoms. The molecule has 0 atom stereocenters. The molecule has 0 unspecified atom stereocenters. The summed E-state index contributed by atoms with van der Waals surface area (Å²) in [7, 11) is -3.62. The molecule has 1 aliphatic rings. The summed E-state index contributed by atoms with van der Waals surface area (Å²) >= 11 is 5.91. The summed E-state index contributed by atoms with van der Waals surface area (Å²) in [6.07, 6.45) is 0.741. The first kappa shape index (κ1) is 24.4. The molecule has 0 saturated carbocycles. The van der Waals surface area contributed by atoms with Crippen LogP contribution in [0.5, 0.6) is 5.75 Å². The van der Waals surface area contributed by atoms with Gasteiger partial charge in [0.2, 0.25) is 15.9 Å². The topological polar surface area (TPSA) is 75.7 Å². The summed E-state index contributed by atoms with van der Waals surface area (Å²) in [5.74, 6) is -0.522. The third-order valence-electron chi connectivity index (χ3n) is 5.42. The molecular formula is C22H25ClF2N2O4S. The Bertz CT molecular complexity index is 1050. The summed E-state index contributed by atoms with van der Waals surface area (Å²) < 4.78 is 56.2. The maximum absolute atomic E-state index is 12.9. The maximum atomic E-state index is 12.9. The summed E-state index contributed by atoms with van der Waals surface area (Å²) in [6, 6.07) is 10.9. The number of hydrogen-bond donors (Lipinski definition) is 1. The van der Waals surface area contributed by atoms with Crippen LogP contribution < -0.4 is 10.1 Å². The van der Waals surface area contributed by atoms with E-state index in [9.17, 15) is 22.0 Å². The summed E-state index contributed by atoms with van der Waals surface area (Å²) in [4.78, 5) is 12.8. The fourth-order valence-electron chi connectivity index (χ4n) is 3.55. The minimum Gasteiger partial charge on any atom is -0.433 e. The molecule has 174 valence electrons. The lowest BCUT2D eigenvalue weighted by Crippen LogP contribution is -2.41. The van der Waals surface area contributed by atoms with Crippen LogP contribution in [0.3, 0.4) is 0 Å². The summed E-state index contributed by atoms with van der Waals surface area (Å²) in [6.45, 7) is 1.54. The lowest BCUT2D eigenvalue weighted by Gasteiger charge is -2.30. The van der Waals surface area contributed by atoms with Gasteiger partial charge in [0.05, 0.1) is 9.92 Å². The number of carbonyl (C=O) groups excluding carboxylic acids is 1. The lowest BCUT2D eigenvalue weighted by molar-refractivity contribution is -0.120. The number of sulfonamides is 1. The molecule has 0 aliphatic carbocycles. The number of benzene rings is 2. The third-order valence-corrected chi connectivity index (χ3v) is 7.63. The van der Waals surface area contributed by atoms with E-state index >= 15 is 0 Å². The van der Waals surface area contributed by atoms with Gasteiger partial charge in [-0.25, -0.2) is 8.42 Å². The third kappa shape index (κ3) is 5.76. The molecule has 1 fully saturated rings. The van der Waals surface area contributed by atoms with Gasteiger partial charge in [-0.2, -0.15) is 13.1 Å². The van der Waals surface area contributed by atoms with Crippen LogP contribution in [0.1, 0.15) is 38.2 Å². The zero-order chi connectivity index (χ0) is 23.5. The van der Waals surface area contributed by atoms with Gasteiger partial charge in [0.15, 0.2) is 0 Å². The Labute approximate surface area is 191 Å². The number of ether oxygens (including phenoxy) is 1. The number of alkyl halides is 2. The minimum absolute atomic E-state index is 0.0486. The second kappa shape index (κ2) is 10.1. The second-order valence-electron chi connectivity index (χ2n) is 7.92. The number of piperidine rings is 1. The first-order valence-electron chi connectivity index (χ1n) is 10.2. The van der Waals surface area contributed by atoms with Crippen LogP contribution >= 0.6 is 11.6 Å². The Morgan fingerprint density at radius 1 is 1.12 bits per heavy atom. The first-order chi connectivity index (χ1) is 15.1. The summed E-state index contributed by atoms with van der Waals surface area (Å²) in [5.41, 5.74) is 1.41. The molecule has 1 saturated heterocycles. The van der Waals surface area contributed by atoms with Crippen molar-refractivity contribution in [2.24, 2.45) is 5.92 Å². The van der Waals surface area contributed by atoms with Gasteiger partial charge in [-0.05, 0) is 54.7 Å². The van der Waals surface area contributed by atoms with Gasteiger partial charge < -0.3 is 10.1 Å². The van der Waals surface area contributed by atoms with Crippen LogP contribution in [0.4, 0.5) is 14.5 Å². The molecule has 1 heterocycles. The highest BCUT2D eigenvalue weighted by Crippen LogP contribution is 2.30. The molecular weight excluding hydrogens is 462 g/mol. The van der Waals surface area contributed by atoms with E-state index in [1.165, 1.54) is 22.5 Å². The number of carbonyl (C=O) groups is 1. The van der Waals surface area contributed by atoms with Gasteiger partial charge in [-0.15, -0.1) is 0 Å². The predicted octanol–water partition coefficient (Wildman–Crippen LogP) is 5.10. The molecule has 32 heavy (non-hydrogen) atoms. The fourth-order valence-corrected chi connectivity index (χ4v) is 5.24. The Kier molecular flexibility index (Phi) is 7.74. The SMILES string of the molecule is CC(C)c1ccc(S(=O)(=O)N2CCC(C(=O)Nc3ccc(OC(F)F)c(Cl)c3)CC2)cc1. The number of nitrogens with one attached hydrogen (secondary N) is 1. The van der Waals surface area contributed by atoms with Gasteiger partial charge in [-0.3, -0.25) is 4.79 Å². The molecule has 2 aromatic rings. The normalized spacial score (nSPS) is 15.8. The number of rotatable bonds is 7. The first-order valence-corrected chi connectivity index (χ1v) is 12.0. The van der Waals surface area contributed by atoms with Crippen LogP contribution in [0.15, 0.2) is 47.4 Å². The van der Waals surface area contributed by atoms with E-state index in [4.69, 9.17) is 11.6 Å². The molecule has 10 heteroatoms. The zero-order valence-corrected chi connectivity index (χ0v) is 19.3. The zero-order valence-electron chi connectivity index (χ0n) is 17.7. The lowest BCUT2D eigenvalue weighted by atomic mass is 9.97. The largest absolute Gasteiger partial charge is 0.433 e. The van der Waals surface area contributed by atoms with Crippen molar-refractivity contribution < 1.29 is 26.7 Å². The van der Waals surface area contributed by atoms with Crippen molar-refractivity contribution in [1.82, 2.24) is 4.31 Å². The van der Waals surface area contributed by atoms with Crippen LogP contribution in [0.25, 0.3) is 0 Å². The minimum atomic E-state index is -3.62. The highest BCUT2D eigenvalue weighted by atomic mass is 35.5. The monoisotopic (exact) mass is 486 g/mol. The summed E-state index contributed by atoms with van der Waals surface area (Å²) in [5, 5.41) is 2.65. The molecule has 2 aromatic carbocycles. The van der Waals surface area contributed by atoms with Crippen LogP contribution in [0.2, 0.25) is 5.02 Å². The van der Waals surface area contributed by atoms with Crippen LogP contribution in [-0.4, -0.2) is 38.3 Å². The standard InChI is InChI=1S/C22H25ClF2N2O4S/c1-14(2)15-3-6-18(7-4-15)32(29,30)27-11-9-16(10-12-27)21(28)26-17-5-8-20(19(23)13-17)31-22(24)25/h3-8,13-14,16,22H,9-12H2,1-2H3,(H,26,28). The van der Waals surface area contributed by atoms with E-state index in [2.05, 4.69) is 10.1 Å². The van der Waals surface area contributed by atoms with Gasteiger partial charge >= 0.3 is 6.61 Å². The van der Waals surface area contributed by atoms with Crippen molar-refractivity contribution in [2.45, 2.75) is 44.1 Å². The molecule has 0 radical (unpaired) electrons. The molecule has 3 rings (SSSR count). The van der Waals surface area contributed by atoms with Crippen molar-refractivity contribution in [3.05, 3.63) is 53.1 Å². The number of hydrogen-bond acceptors (Lipinski definition) is 4. The van der Waals surface area contributed by atoms with E-state index in [1.807, 2.05) is 26.0 Å². The second-order valence-corrected chi connectivity index (χ2v) is 10.3. The van der Waals surface area contributed by atoms with E-state index < -0.39 is 16.6 Å².